The maximum Gasteiger partial charge on any atom is 0.155 e. The lowest BCUT2D eigenvalue weighted by Crippen LogP contribution is -2.06. The maximum atomic E-state index is 13.2. The van der Waals surface area contributed by atoms with Crippen LogP contribution in [0.5, 0.6) is 0 Å². The average molecular weight is 328 g/mol. The average Bonchev–Trinajstić information content (AvgIpc) is 3.17. The van der Waals surface area contributed by atoms with Crippen molar-refractivity contribution in [1.82, 2.24) is 24.1 Å². The van der Waals surface area contributed by atoms with Crippen LogP contribution in [0.25, 0.3) is 17.0 Å². The molecule has 7 heteroatoms. The van der Waals surface area contributed by atoms with Crippen LogP contribution in [0.15, 0.2) is 55.1 Å². The first-order valence-electron chi connectivity index (χ1n) is 6.96. The molecule has 0 bridgehead atoms. The van der Waals surface area contributed by atoms with Crippen molar-refractivity contribution in [1.29, 1.82) is 0 Å². The van der Waals surface area contributed by atoms with Crippen LogP contribution in [0.4, 0.5) is 4.39 Å². The fourth-order valence-electron chi connectivity index (χ4n) is 2.55. The van der Waals surface area contributed by atoms with Gasteiger partial charge in [0.1, 0.15) is 18.0 Å². The second kappa shape index (κ2) is 5.48. The Morgan fingerprint density at radius 2 is 2.04 bits per heavy atom. The van der Waals surface area contributed by atoms with Gasteiger partial charge in [-0.25, -0.2) is 18.9 Å². The van der Waals surface area contributed by atoms with E-state index < -0.39 is 0 Å². The molecule has 5 nitrogen and oxygen atoms in total. The first-order chi connectivity index (χ1) is 11.2. The Bertz CT molecular complexity index is 991. The fourth-order valence-corrected chi connectivity index (χ4v) is 2.80. The van der Waals surface area contributed by atoms with Crippen molar-refractivity contribution < 1.29 is 4.39 Å². The van der Waals surface area contributed by atoms with Crippen LogP contribution in [-0.2, 0) is 6.54 Å². The Labute approximate surface area is 136 Å². The smallest absolute Gasteiger partial charge is 0.155 e. The van der Waals surface area contributed by atoms with E-state index in [1.807, 2.05) is 29.0 Å². The summed E-state index contributed by atoms with van der Waals surface area (Å²) in [6, 6.07) is 10.1. The third kappa shape index (κ3) is 2.47. The molecule has 0 saturated carbocycles. The molecule has 0 radical (unpaired) electrons. The Morgan fingerprint density at radius 1 is 1.13 bits per heavy atom. The van der Waals surface area contributed by atoms with Crippen LogP contribution in [0.1, 0.15) is 5.69 Å². The summed E-state index contributed by atoms with van der Waals surface area (Å²) in [5, 5.41) is 4.56. The van der Waals surface area contributed by atoms with Gasteiger partial charge in [0.25, 0.3) is 0 Å². The van der Waals surface area contributed by atoms with Crippen molar-refractivity contribution in [3.8, 4) is 11.4 Å². The summed E-state index contributed by atoms with van der Waals surface area (Å²) >= 11 is 6.15. The summed E-state index contributed by atoms with van der Waals surface area (Å²) in [4.78, 5) is 8.53. The van der Waals surface area contributed by atoms with Gasteiger partial charge in [-0.2, -0.15) is 5.10 Å². The van der Waals surface area contributed by atoms with Crippen LogP contribution >= 0.6 is 11.6 Å². The van der Waals surface area contributed by atoms with Gasteiger partial charge in [0.2, 0.25) is 0 Å². The summed E-state index contributed by atoms with van der Waals surface area (Å²) in [6.07, 6.45) is 5.06. The SMILES string of the molecule is Fc1ccc(-c2nccn2Cc2cccc3ncnn23)c(Cl)c1. The van der Waals surface area contributed by atoms with Gasteiger partial charge >= 0.3 is 0 Å². The molecule has 0 atom stereocenters. The van der Waals surface area contributed by atoms with Crippen molar-refractivity contribution >= 4 is 17.2 Å². The number of benzene rings is 1. The number of nitrogens with zero attached hydrogens (tertiary/aromatic N) is 5. The lowest BCUT2D eigenvalue weighted by atomic mass is 10.2. The normalized spacial score (nSPS) is 11.2. The molecule has 0 aliphatic carbocycles. The van der Waals surface area contributed by atoms with Crippen LogP contribution < -0.4 is 0 Å². The number of pyridine rings is 1. The van der Waals surface area contributed by atoms with Crippen molar-refractivity contribution in [3.05, 3.63) is 71.7 Å². The third-order valence-electron chi connectivity index (χ3n) is 3.60. The number of rotatable bonds is 3. The molecule has 0 N–H and O–H groups in total. The van der Waals surface area contributed by atoms with Crippen molar-refractivity contribution in [3.63, 3.8) is 0 Å². The molecule has 23 heavy (non-hydrogen) atoms. The molecular formula is C16H11ClFN5. The molecule has 0 unspecified atom stereocenters. The second-order valence-corrected chi connectivity index (χ2v) is 5.46. The molecule has 3 aromatic heterocycles. The Balaban J connectivity index is 1.77. The van der Waals surface area contributed by atoms with Gasteiger partial charge in [-0.15, -0.1) is 0 Å². The summed E-state index contributed by atoms with van der Waals surface area (Å²) in [5.74, 6) is 0.302. The largest absolute Gasteiger partial charge is 0.325 e. The zero-order chi connectivity index (χ0) is 15.8. The molecule has 0 amide bonds. The first-order valence-corrected chi connectivity index (χ1v) is 7.34. The van der Waals surface area contributed by atoms with Gasteiger partial charge < -0.3 is 4.57 Å². The van der Waals surface area contributed by atoms with E-state index in [4.69, 9.17) is 11.6 Å². The predicted octanol–water partition coefficient (Wildman–Crippen LogP) is 3.43. The molecule has 0 saturated heterocycles. The first kappa shape index (κ1) is 13.9. The lowest BCUT2D eigenvalue weighted by molar-refractivity contribution is 0.628. The highest BCUT2D eigenvalue weighted by Crippen LogP contribution is 2.27. The Hall–Kier alpha value is -2.73. The molecule has 0 spiro atoms. The van der Waals surface area contributed by atoms with Crippen LogP contribution in [0.2, 0.25) is 5.02 Å². The Kier molecular flexibility index (Phi) is 3.31. The highest BCUT2D eigenvalue weighted by atomic mass is 35.5. The van der Waals surface area contributed by atoms with Crippen molar-refractivity contribution in [2.24, 2.45) is 0 Å². The third-order valence-corrected chi connectivity index (χ3v) is 3.91. The van der Waals surface area contributed by atoms with E-state index >= 15 is 0 Å². The van der Waals surface area contributed by atoms with Gasteiger partial charge in [0.05, 0.1) is 17.3 Å². The zero-order valence-corrected chi connectivity index (χ0v) is 12.7. The second-order valence-electron chi connectivity index (χ2n) is 5.05. The van der Waals surface area contributed by atoms with E-state index in [0.29, 0.717) is 23.0 Å². The van der Waals surface area contributed by atoms with Gasteiger partial charge in [-0.05, 0) is 30.3 Å². The molecule has 1 aromatic carbocycles. The number of halogens is 2. The summed E-state index contributed by atoms with van der Waals surface area (Å²) in [7, 11) is 0. The number of fused-ring (bicyclic) bond motifs is 1. The number of aromatic nitrogens is 5. The summed E-state index contributed by atoms with van der Waals surface area (Å²) < 4.78 is 17.0. The molecule has 0 aliphatic rings. The van der Waals surface area contributed by atoms with E-state index in [-0.39, 0.29) is 5.82 Å². The predicted molar refractivity (Wildman–Crippen MR) is 84.7 cm³/mol. The minimum atomic E-state index is -0.371. The van der Waals surface area contributed by atoms with E-state index in [9.17, 15) is 4.39 Å². The number of imidazole rings is 1. The van der Waals surface area contributed by atoms with Gasteiger partial charge in [0.15, 0.2) is 5.65 Å². The van der Waals surface area contributed by atoms with Crippen LogP contribution in [0.3, 0.4) is 0 Å². The molecular weight excluding hydrogens is 317 g/mol. The molecule has 4 rings (SSSR count). The van der Waals surface area contributed by atoms with Gasteiger partial charge in [-0.3, -0.25) is 0 Å². The minimum Gasteiger partial charge on any atom is -0.325 e. The molecule has 0 fully saturated rings. The van der Waals surface area contributed by atoms with Crippen LogP contribution in [0, 0.1) is 5.82 Å². The van der Waals surface area contributed by atoms with E-state index in [0.717, 1.165) is 11.3 Å². The minimum absolute atomic E-state index is 0.330. The number of hydrogen-bond donors (Lipinski definition) is 0. The standard InChI is InChI=1S/C16H11ClFN5/c17-14-8-11(18)4-5-13(14)16-19-6-7-22(16)9-12-2-1-3-15-20-10-21-23(12)15/h1-8,10H,9H2. The summed E-state index contributed by atoms with van der Waals surface area (Å²) in [5.41, 5.74) is 2.42. The van der Waals surface area contributed by atoms with Crippen molar-refractivity contribution in [2.75, 3.05) is 0 Å². The van der Waals surface area contributed by atoms with E-state index in [1.54, 1.807) is 16.8 Å². The zero-order valence-electron chi connectivity index (χ0n) is 11.9. The highest BCUT2D eigenvalue weighted by Gasteiger charge is 2.12. The van der Waals surface area contributed by atoms with Crippen LogP contribution in [-0.4, -0.2) is 24.1 Å². The van der Waals surface area contributed by atoms with E-state index in [1.165, 1.54) is 18.5 Å². The maximum absolute atomic E-state index is 13.2. The monoisotopic (exact) mass is 327 g/mol. The molecule has 0 aliphatic heterocycles. The van der Waals surface area contributed by atoms with Gasteiger partial charge in [-0.1, -0.05) is 17.7 Å². The molecule has 4 aromatic rings. The van der Waals surface area contributed by atoms with E-state index in [2.05, 4.69) is 15.1 Å². The van der Waals surface area contributed by atoms with Gasteiger partial charge in [0, 0.05) is 18.0 Å². The highest BCUT2D eigenvalue weighted by molar-refractivity contribution is 6.33. The quantitative estimate of drug-likeness (QED) is 0.579. The number of hydrogen-bond acceptors (Lipinski definition) is 3. The topological polar surface area (TPSA) is 48.0 Å². The Morgan fingerprint density at radius 3 is 2.91 bits per heavy atom. The molecule has 114 valence electrons. The van der Waals surface area contributed by atoms with Crippen molar-refractivity contribution in [2.45, 2.75) is 6.54 Å². The molecule has 3 heterocycles. The fraction of sp³-hybridized carbons (Fsp3) is 0.0625. The lowest BCUT2D eigenvalue weighted by Gasteiger charge is -2.10. The summed E-state index contributed by atoms with van der Waals surface area (Å²) in [6.45, 7) is 0.545.